The van der Waals surface area contributed by atoms with E-state index >= 15 is 0 Å². The molecular weight excluding hydrogens is 316 g/mol. The number of esters is 1. The van der Waals surface area contributed by atoms with Crippen molar-refractivity contribution in [2.45, 2.75) is 26.3 Å². The van der Waals surface area contributed by atoms with Gasteiger partial charge in [-0.2, -0.15) is 0 Å². The van der Waals surface area contributed by atoms with E-state index in [4.69, 9.17) is 4.74 Å². The first-order valence-corrected chi connectivity index (χ1v) is 8.84. The van der Waals surface area contributed by atoms with Gasteiger partial charge in [-0.15, -0.1) is 0 Å². The number of hydrogen-bond donors (Lipinski definition) is 0. The Hall–Kier alpha value is -2.56. The highest BCUT2D eigenvalue weighted by Gasteiger charge is 2.30. The van der Waals surface area contributed by atoms with Gasteiger partial charge in [0.1, 0.15) is 5.69 Å². The summed E-state index contributed by atoms with van der Waals surface area (Å²) in [4.78, 5) is 26.7. The maximum Gasteiger partial charge on any atom is 0.310 e. The predicted octanol–water partition coefficient (Wildman–Crippen LogP) is 2.95. The van der Waals surface area contributed by atoms with E-state index in [1.807, 2.05) is 53.2 Å². The molecule has 0 saturated carbocycles. The molecule has 0 bridgehead atoms. The summed E-state index contributed by atoms with van der Waals surface area (Å²) in [5, 5.41) is 0. The van der Waals surface area contributed by atoms with Gasteiger partial charge in [0, 0.05) is 25.8 Å². The van der Waals surface area contributed by atoms with E-state index < -0.39 is 0 Å². The van der Waals surface area contributed by atoms with Crippen molar-refractivity contribution in [1.82, 2.24) is 9.47 Å². The van der Waals surface area contributed by atoms with E-state index in [1.165, 1.54) is 0 Å². The molecule has 1 atom stereocenters. The number of amides is 1. The quantitative estimate of drug-likeness (QED) is 0.787. The lowest BCUT2D eigenvalue weighted by Gasteiger charge is -2.31. The molecule has 132 valence electrons. The smallest absolute Gasteiger partial charge is 0.310 e. The van der Waals surface area contributed by atoms with Crippen molar-refractivity contribution in [3.05, 3.63) is 59.9 Å². The van der Waals surface area contributed by atoms with Gasteiger partial charge in [-0.3, -0.25) is 9.59 Å². The van der Waals surface area contributed by atoms with Crippen LogP contribution in [0.15, 0.2) is 48.7 Å². The summed E-state index contributed by atoms with van der Waals surface area (Å²) in [7, 11) is 0. The minimum Gasteiger partial charge on any atom is -0.466 e. The minimum absolute atomic E-state index is 0.0186. The molecular formula is C20H24N2O3. The van der Waals surface area contributed by atoms with Crippen LogP contribution >= 0.6 is 0 Å². The first-order chi connectivity index (χ1) is 12.2. The van der Waals surface area contributed by atoms with Gasteiger partial charge in [0.05, 0.1) is 12.5 Å². The van der Waals surface area contributed by atoms with Crippen LogP contribution in [-0.4, -0.2) is 41.0 Å². The van der Waals surface area contributed by atoms with E-state index in [-0.39, 0.29) is 17.8 Å². The normalized spacial score (nSPS) is 17.3. The number of hydrogen-bond acceptors (Lipinski definition) is 3. The molecule has 1 aliphatic heterocycles. The number of aromatic nitrogens is 1. The van der Waals surface area contributed by atoms with Gasteiger partial charge in [0.2, 0.25) is 0 Å². The van der Waals surface area contributed by atoms with Crippen molar-refractivity contribution in [3.8, 4) is 0 Å². The number of carbonyl (C=O) groups is 2. The number of piperidine rings is 1. The SMILES string of the molecule is CCOC(=O)C1CCCN(C(=O)c2cccn2Cc2ccccc2)C1. The molecule has 5 nitrogen and oxygen atoms in total. The van der Waals surface area contributed by atoms with Crippen LogP contribution in [0, 0.1) is 5.92 Å². The van der Waals surface area contributed by atoms with Crippen molar-refractivity contribution in [3.63, 3.8) is 0 Å². The Morgan fingerprint density at radius 2 is 1.96 bits per heavy atom. The molecule has 0 N–H and O–H groups in total. The average molecular weight is 340 g/mol. The Bertz CT molecular complexity index is 724. The number of likely N-dealkylation sites (tertiary alicyclic amines) is 1. The van der Waals surface area contributed by atoms with Crippen LogP contribution in [0.5, 0.6) is 0 Å². The van der Waals surface area contributed by atoms with Gasteiger partial charge in [0.25, 0.3) is 5.91 Å². The highest BCUT2D eigenvalue weighted by atomic mass is 16.5. The van der Waals surface area contributed by atoms with Crippen LogP contribution < -0.4 is 0 Å². The molecule has 2 heterocycles. The summed E-state index contributed by atoms with van der Waals surface area (Å²) >= 11 is 0. The van der Waals surface area contributed by atoms with Gasteiger partial charge in [-0.25, -0.2) is 0 Å². The zero-order chi connectivity index (χ0) is 17.6. The Morgan fingerprint density at radius 3 is 2.72 bits per heavy atom. The third kappa shape index (κ3) is 4.10. The van der Waals surface area contributed by atoms with Crippen LogP contribution in [0.25, 0.3) is 0 Å². The summed E-state index contributed by atoms with van der Waals surface area (Å²) in [6.07, 6.45) is 3.54. The molecule has 0 spiro atoms. The first kappa shape index (κ1) is 17.3. The second kappa shape index (κ2) is 8.01. The van der Waals surface area contributed by atoms with E-state index in [2.05, 4.69) is 0 Å². The Balaban J connectivity index is 1.71. The maximum absolute atomic E-state index is 13.0. The molecule has 2 aromatic rings. The molecule has 3 rings (SSSR count). The Morgan fingerprint density at radius 1 is 1.16 bits per heavy atom. The lowest BCUT2D eigenvalue weighted by atomic mass is 9.98. The fourth-order valence-electron chi connectivity index (χ4n) is 3.30. The van der Waals surface area contributed by atoms with Crippen LogP contribution in [-0.2, 0) is 16.1 Å². The minimum atomic E-state index is -0.213. The molecule has 1 amide bonds. The summed E-state index contributed by atoms with van der Waals surface area (Å²) in [5.74, 6) is -0.426. The van der Waals surface area contributed by atoms with Gasteiger partial charge in [0.15, 0.2) is 0 Å². The molecule has 1 aromatic heterocycles. The molecule has 25 heavy (non-hydrogen) atoms. The lowest BCUT2D eigenvalue weighted by molar-refractivity contribution is -0.149. The van der Waals surface area contributed by atoms with Gasteiger partial charge >= 0.3 is 5.97 Å². The second-order valence-corrected chi connectivity index (χ2v) is 6.35. The summed E-state index contributed by atoms with van der Waals surface area (Å²) in [6, 6.07) is 13.8. The first-order valence-electron chi connectivity index (χ1n) is 8.84. The molecule has 1 aliphatic rings. The summed E-state index contributed by atoms with van der Waals surface area (Å²) in [6.45, 7) is 3.97. The van der Waals surface area contributed by atoms with Crippen LogP contribution in [0.4, 0.5) is 0 Å². The van der Waals surface area contributed by atoms with E-state index in [0.29, 0.717) is 31.9 Å². The molecule has 5 heteroatoms. The standard InChI is InChI=1S/C20H24N2O3/c1-2-25-20(24)17-10-6-13-22(15-17)19(23)18-11-7-12-21(18)14-16-8-4-3-5-9-16/h3-5,7-9,11-12,17H,2,6,10,13-15H2,1H3. The van der Waals surface area contributed by atoms with Crippen molar-refractivity contribution >= 4 is 11.9 Å². The lowest BCUT2D eigenvalue weighted by Crippen LogP contribution is -2.43. The molecule has 0 radical (unpaired) electrons. The average Bonchev–Trinajstić information content (AvgIpc) is 3.10. The molecule has 1 fully saturated rings. The monoisotopic (exact) mass is 340 g/mol. The second-order valence-electron chi connectivity index (χ2n) is 6.35. The van der Waals surface area contributed by atoms with Crippen LogP contribution in [0.1, 0.15) is 35.8 Å². The van der Waals surface area contributed by atoms with Gasteiger partial charge in [-0.1, -0.05) is 30.3 Å². The Kier molecular flexibility index (Phi) is 5.53. The van der Waals surface area contributed by atoms with Gasteiger partial charge < -0.3 is 14.2 Å². The van der Waals surface area contributed by atoms with E-state index in [1.54, 1.807) is 11.8 Å². The molecule has 1 aromatic carbocycles. The number of carbonyl (C=O) groups excluding carboxylic acids is 2. The maximum atomic E-state index is 13.0. The van der Waals surface area contributed by atoms with Crippen molar-refractivity contribution in [2.75, 3.05) is 19.7 Å². The highest BCUT2D eigenvalue weighted by Crippen LogP contribution is 2.20. The predicted molar refractivity (Wildman–Crippen MR) is 95.2 cm³/mol. The molecule has 1 saturated heterocycles. The Labute approximate surface area is 148 Å². The van der Waals surface area contributed by atoms with E-state index in [0.717, 1.165) is 18.4 Å². The number of nitrogens with zero attached hydrogens (tertiary/aromatic N) is 2. The third-order valence-corrected chi connectivity index (χ3v) is 4.57. The number of ether oxygens (including phenoxy) is 1. The number of rotatable bonds is 5. The highest BCUT2D eigenvalue weighted by molar-refractivity contribution is 5.93. The fourth-order valence-corrected chi connectivity index (χ4v) is 3.30. The topological polar surface area (TPSA) is 51.5 Å². The summed E-state index contributed by atoms with van der Waals surface area (Å²) in [5.41, 5.74) is 1.81. The van der Waals surface area contributed by atoms with Gasteiger partial charge in [-0.05, 0) is 37.5 Å². The molecule has 0 aliphatic carbocycles. The zero-order valence-corrected chi connectivity index (χ0v) is 14.6. The van der Waals surface area contributed by atoms with E-state index in [9.17, 15) is 9.59 Å². The zero-order valence-electron chi connectivity index (χ0n) is 14.6. The van der Waals surface area contributed by atoms with Crippen LogP contribution in [0.2, 0.25) is 0 Å². The van der Waals surface area contributed by atoms with Crippen LogP contribution in [0.3, 0.4) is 0 Å². The van der Waals surface area contributed by atoms with Crippen molar-refractivity contribution in [1.29, 1.82) is 0 Å². The largest absolute Gasteiger partial charge is 0.466 e. The molecule has 1 unspecified atom stereocenters. The fraction of sp³-hybridized carbons (Fsp3) is 0.400. The third-order valence-electron chi connectivity index (χ3n) is 4.57. The summed E-state index contributed by atoms with van der Waals surface area (Å²) < 4.78 is 7.08. The number of benzene rings is 1. The van der Waals surface area contributed by atoms with Crippen molar-refractivity contribution < 1.29 is 14.3 Å². The van der Waals surface area contributed by atoms with Crippen molar-refractivity contribution in [2.24, 2.45) is 5.92 Å².